The molecule has 0 unspecified atom stereocenters. The van der Waals surface area contributed by atoms with E-state index in [0.29, 0.717) is 75.6 Å². The van der Waals surface area contributed by atoms with Crippen LogP contribution in [-0.2, 0) is 0 Å². The molecule has 0 bridgehead atoms. The van der Waals surface area contributed by atoms with Gasteiger partial charge in [0.05, 0.1) is 6.57 Å². The predicted octanol–water partition coefficient (Wildman–Crippen LogP) is 33.0. The summed E-state index contributed by atoms with van der Waals surface area (Å²) < 4.78 is 0. The first kappa shape index (κ1) is 88.5. The molecular weight excluding hydrogens is 1780 g/mol. The lowest BCUT2D eigenvalue weighted by molar-refractivity contribution is 1.07. The topological polar surface area (TPSA) is 172 Å². The van der Waals surface area contributed by atoms with Crippen molar-refractivity contribution in [2.75, 3.05) is 0 Å². The fraction of sp³-hybridized carbons (Fsp3) is 0. The Morgan fingerprint density at radius 3 is 0.795 bits per heavy atom. The third kappa shape index (κ3) is 18.4. The largest absolute Gasteiger partial charge is 0.264 e. The summed E-state index contributed by atoms with van der Waals surface area (Å²) >= 11 is 0. The summed E-state index contributed by atoms with van der Waals surface area (Å²) in [7, 11) is 0. The summed E-state index contributed by atoms with van der Waals surface area (Å²) in [4.78, 5) is 67.1. The van der Waals surface area contributed by atoms with Crippen LogP contribution in [0, 0.1) is 6.57 Å². The zero-order valence-corrected chi connectivity index (χ0v) is 78.8. The van der Waals surface area contributed by atoms with Gasteiger partial charge in [0.15, 0.2) is 75.6 Å². The van der Waals surface area contributed by atoms with Gasteiger partial charge in [0.1, 0.15) is 0 Å². The Bertz CT molecular complexity index is 8930. The van der Waals surface area contributed by atoms with Crippen molar-refractivity contribution in [3.05, 3.63) is 521 Å². The van der Waals surface area contributed by atoms with Crippen LogP contribution in [0.5, 0.6) is 0 Å². The molecule has 14 heteroatoms. The number of pyridine rings is 1. The molecule has 682 valence electrons. The zero-order valence-electron chi connectivity index (χ0n) is 78.8. The van der Waals surface area contributed by atoms with Crippen LogP contribution in [0.4, 0.5) is 5.69 Å². The fourth-order valence-corrected chi connectivity index (χ4v) is 19.1. The van der Waals surface area contributed by atoms with Crippen molar-refractivity contribution in [2.24, 2.45) is 0 Å². The van der Waals surface area contributed by atoms with Crippen LogP contribution in [0.25, 0.3) is 262 Å². The summed E-state index contributed by atoms with van der Waals surface area (Å²) in [5, 5.41) is 14.2. The highest BCUT2D eigenvalue weighted by Crippen LogP contribution is 2.45. The molecule has 0 amide bonds. The lowest BCUT2D eigenvalue weighted by atomic mass is 9.90. The van der Waals surface area contributed by atoms with Gasteiger partial charge in [-0.2, -0.15) is 0 Å². The van der Waals surface area contributed by atoms with Gasteiger partial charge in [0.25, 0.3) is 0 Å². The Morgan fingerprint density at radius 1 is 0.144 bits per heavy atom. The first-order chi connectivity index (χ1) is 72.3. The highest BCUT2D eigenvalue weighted by Gasteiger charge is 2.23. The van der Waals surface area contributed by atoms with Crippen molar-refractivity contribution in [1.29, 1.82) is 0 Å². The molecule has 21 aromatic carbocycles. The molecule has 5 heterocycles. The third-order valence-corrected chi connectivity index (χ3v) is 26.3. The average Bonchev–Trinajstić information content (AvgIpc) is 0.736. The molecule has 26 aromatic rings. The van der Waals surface area contributed by atoms with Gasteiger partial charge < -0.3 is 0 Å². The zero-order chi connectivity index (χ0) is 97.4. The number of rotatable bonds is 17. The second kappa shape index (κ2) is 40.0. The summed E-state index contributed by atoms with van der Waals surface area (Å²) in [5.74, 6) is 7.65. The van der Waals surface area contributed by atoms with E-state index in [1.165, 1.54) is 54.0 Å². The Hall–Kier alpha value is -20.1. The maximum absolute atomic E-state index is 7.42. The molecular formula is C132H84N14. The van der Waals surface area contributed by atoms with Crippen LogP contribution in [-0.4, -0.2) is 64.8 Å². The molecule has 0 aliphatic heterocycles. The van der Waals surface area contributed by atoms with E-state index in [-0.39, 0.29) is 0 Å². The van der Waals surface area contributed by atoms with Gasteiger partial charge in [-0.15, -0.1) is 0 Å². The van der Waals surface area contributed by atoms with Crippen LogP contribution in [0.3, 0.4) is 0 Å². The smallest absolute Gasteiger partial charge is 0.187 e. The van der Waals surface area contributed by atoms with Crippen LogP contribution < -0.4 is 0 Å². The van der Waals surface area contributed by atoms with Crippen molar-refractivity contribution < 1.29 is 0 Å². The highest BCUT2D eigenvalue weighted by molar-refractivity contribution is 6.24. The van der Waals surface area contributed by atoms with Gasteiger partial charge in [-0.1, -0.05) is 455 Å². The Balaban J connectivity index is 0.000000119. The first-order valence-corrected chi connectivity index (χ1v) is 48.3. The van der Waals surface area contributed by atoms with Crippen LogP contribution >= 0.6 is 0 Å². The lowest BCUT2D eigenvalue weighted by Gasteiger charge is -2.15. The molecule has 0 atom stereocenters. The average molecular weight is 1870 g/mol. The van der Waals surface area contributed by atoms with Crippen molar-refractivity contribution >= 4 is 70.3 Å². The molecule has 0 N–H and O–H groups in total. The van der Waals surface area contributed by atoms with Crippen molar-refractivity contribution in [1.82, 2.24) is 64.8 Å². The second-order valence-corrected chi connectivity index (χ2v) is 35.5. The lowest BCUT2D eigenvalue weighted by Crippen LogP contribution is -2.00. The van der Waals surface area contributed by atoms with Gasteiger partial charge in [-0.25, -0.2) is 64.7 Å². The van der Waals surface area contributed by atoms with Gasteiger partial charge in [-0.05, 0) is 157 Å². The van der Waals surface area contributed by atoms with E-state index in [4.69, 9.17) is 66.4 Å². The van der Waals surface area contributed by atoms with Crippen LogP contribution in [0.1, 0.15) is 0 Å². The van der Waals surface area contributed by atoms with Crippen molar-refractivity contribution in [3.8, 4) is 192 Å². The van der Waals surface area contributed by atoms with E-state index in [1.54, 1.807) is 6.20 Å². The SMILES string of the molecule is [C-]#[N+]c1ccc2c(ccc3cc(-c4ccc(-c5nc(-c6ccccc6)nc(-c6ccccc6)n5)cc4)c4ccccc4c32)c1.c1ccc(-c2nc(-c3ccccc3)nc(-c3cc(-c4cccnc4)cc(-c4cc5ccccc5c5ccccc45)c3)n2)cc1.c1ccc(-c2nc(-c3ccccc3)nc(-c3ccc(-c4cccc5cccc(-c6ccc(-c7nc(-c8ccccc8)nc(-c8ccccc8)n7)cc6)c45)cc3)n2)cc1. The number of hydrogen-bond donors (Lipinski definition) is 0. The molecule has 0 saturated heterocycles. The minimum atomic E-state index is 0.620. The van der Waals surface area contributed by atoms with E-state index >= 15 is 0 Å². The Labute approximate surface area is 842 Å². The highest BCUT2D eigenvalue weighted by atomic mass is 15.1. The summed E-state index contributed by atoms with van der Waals surface area (Å²) in [6.45, 7) is 7.42. The van der Waals surface area contributed by atoms with E-state index in [9.17, 15) is 0 Å². The summed E-state index contributed by atoms with van der Waals surface area (Å²) in [5.41, 5.74) is 23.0. The Kier molecular flexibility index (Phi) is 24.3. The minimum absolute atomic E-state index is 0.620. The van der Waals surface area contributed by atoms with Gasteiger partial charge in [0, 0.05) is 84.7 Å². The molecule has 5 aromatic heterocycles. The molecule has 0 saturated carbocycles. The molecule has 0 spiro atoms. The van der Waals surface area contributed by atoms with Crippen LogP contribution in [0.15, 0.2) is 510 Å². The molecule has 0 fully saturated rings. The predicted molar refractivity (Wildman–Crippen MR) is 594 cm³/mol. The fourth-order valence-electron chi connectivity index (χ4n) is 19.1. The first-order valence-electron chi connectivity index (χ1n) is 48.3. The summed E-state index contributed by atoms with van der Waals surface area (Å²) in [6.07, 6.45) is 3.70. The molecule has 14 nitrogen and oxygen atoms in total. The van der Waals surface area contributed by atoms with E-state index < -0.39 is 0 Å². The molecule has 0 aliphatic rings. The van der Waals surface area contributed by atoms with Gasteiger partial charge in [0.2, 0.25) is 0 Å². The standard InChI is InChI=1S/C52H34N6.C40H24N4.C40H26N4/c1-5-15-38(16-6-1)47-53-48(39-17-7-2-8-18-39)56-51(55-47)42-31-27-35(28-32-42)44-25-13-23-37-24-14-26-45(46(37)44)36-29-33-43(34-30-36)52-57-49(40-19-9-3-10-20-40)54-50(58-52)41-21-11-4-12-22-41;1-41-32-22-23-33-30(24-32)20-21-31-25-36(34-14-8-9-15-35(34)37(31)33)26-16-18-29(19-17-26)40-43-38(27-10-4-2-5-11-27)42-39(44-40)28-12-6-3-7-13-28;1-3-12-27(13-4-1)38-42-39(28-14-5-2-6-15-28)44-40(43-38)33-23-31(30-17-11-21-41-26-30)22-32(24-33)37-25-29-16-7-8-18-34(29)35-19-9-10-20-36(35)37/h1-34H;2-25H;1-26H. The van der Waals surface area contributed by atoms with Crippen molar-refractivity contribution in [2.45, 2.75) is 0 Å². The number of fused-ring (bicyclic) bond motifs is 9. The number of benzene rings is 21. The number of aromatic nitrogens is 13. The number of hydrogen-bond acceptors (Lipinski definition) is 13. The normalized spacial score (nSPS) is 11.1. The molecule has 26 rings (SSSR count). The van der Waals surface area contributed by atoms with Crippen molar-refractivity contribution in [3.63, 3.8) is 0 Å². The molecule has 0 aliphatic carbocycles. The van der Waals surface area contributed by atoms with Gasteiger partial charge >= 0.3 is 0 Å². The molecule has 0 radical (unpaired) electrons. The minimum Gasteiger partial charge on any atom is -0.264 e. The second-order valence-electron chi connectivity index (χ2n) is 35.5. The quantitative estimate of drug-likeness (QED) is 0.0623. The third-order valence-electron chi connectivity index (χ3n) is 26.3. The Morgan fingerprint density at radius 2 is 0.418 bits per heavy atom. The van der Waals surface area contributed by atoms with Crippen LogP contribution in [0.2, 0.25) is 0 Å². The monoisotopic (exact) mass is 1860 g/mol. The number of nitrogens with zero attached hydrogens (tertiary/aromatic N) is 14. The summed E-state index contributed by atoms with van der Waals surface area (Å²) in [6, 6.07) is 170. The van der Waals surface area contributed by atoms with E-state index in [1.807, 2.05) is 267 Å². The molecule has 146 heavy (non-hydrogen) atoms. The maximum Gasteiger partial charge on any atom is 0.187 e. The van der Waals surface area contributed by atoms with E-state index in [0.717, 1.165) is 133 Å². The van der Waals surface area contributed by atoms with E-state index in [2.05, 4.69) is 246 Å². The maximum atomic E-state index is 7.42. The van der Waals surface area contributed by atoms with Gasteiger partial charge in [-0.3, -0.25) is 4.98 Å².